The van der Waals surface area contributed by atoms with Crippen LogP contribution in [0.15, 0.2) is 24.3 Å². The second-order valence-electron chi connectivity index (χ2n) is 5.51. The maximum Gasteiger partial charge on any atom is 0.269 e. The Morgan fingerprint density at radius 1 is 1.37 bits per heavy atom. The van der Waals surface area contributed by atoms with Crippen molar-refractivity contribution in [2.75, 3.05) is 0 Å². The van der Waals surface area contributed by atoms with Gasteiger partial charge in [0.2, 0.25) is 5.91 Å². The topological polar surface area (TPSA) is 98.3 Å². The van der Waals surface area contributed by atoms with E-state index in [0.29, 0.717) is 6.54 Å². The lowest BCUT2D eigenvalue weighted by molar-refractivity contribution is -0.384. The van der Waals surface area contributed by atoms with Gasteiger partial charge in [0.15, 0.2) is 0 Å². The first-order chi connectivity index (χ1) is 8.71. The van der Waals surface area contributed by atoms with E-state index < -0.39 is 16.9 Å². The summed E-state index contributed by atoms with van der Waals surface area (Å²) in [4.78, 5) is 21.5. The molecule has 0 aliphatic carbocycles. The van der Waals surface area contributed by atoms with E-state index in [0.717, 1.165) is 5.56 Å². The molecule has 0 spiro atoms. The summed E-state index contributed by atoms with van der Waals surface area (Å²) in [7, 11) is 0. The highest BCUT2D eigenvalue weighted by Crippen LogP contribution is 2.19. The second-order valence-corrected chi connectivity index (χ2v) is 5.51. The molecule has 6 heteroatoms. The first-order valence-corrected chi connectivity index (χ1v) is 5.98. The Morgan fingerprint density at radius 2 is 1.89 bits per heavy atom. The summed E-state index contributed by atoms with van der Waals surface area (Å²) in [5, 5.41) is 13.6. The SMILES string of the molecule is CC(C)(C)C(NCc1ccc([N+](=O)[O-])cc1)C(N)=O. The second kappa shape index (κ2) is 5.79. The van der Waals surface area contributed by atoms with E-state index in [1.165, 1.54) is 12.1 Å². The molecule has 1 aromatic rings. The number of nitro benzene ring substituents is 1. The van der Waals surface area contributed by atoms with Crippen molar-refractivity contribution >= 4 is 11.6 Å². The van der Waals surface area contributed by atoms with Crippen LogP contribution in [0, 0.1) is 15.5 Å². The zero-order valence-corrected chi connectivity index (χ0v) is 11.3. The maximum atomic E-state index is 11.4. The van der Waals surface area contributed by atoms with Crippen LogP contribution in [0.5, 0.6) is 0 Å². The van der Waals surface area contributed by atoms with Crippen molar-refractivity contribution in [3.63, 3.8) is 0 Å². The van der Waals surface area contributed by atoms with Gasteiger partial charge in [-0.05, 0) is 11.0 Å². The quantitative estimate of drug-likeness (QED) is 0.623. The molecule has 3 N–H and O–H groups in total. The van der Waals surface area contributed by atoms with Crippen LogP contribution in [0.1, 0.15) is 26.3 Å². The fraction of sp³-hybridized carbons (Fsp3) is 0.462. The van der Waals surface area contributed by atoms with Crippen molar-refractivity contribution in [1.82, 2.24) is 5.32 Å². The third-order valence-corrected chi connectivity index (χ3v) is 2.81. The fourth-order valence-electron chi connectivity index (χ4n) is 1.79. The highest BCUT2D eigenvalue weighted by molar-refractivity contribution is 5.80. The van der Waals surface area contributed by atoms with E-state index in [9.17, 15) is 14.9 Å². The minimum absolute atomic E-state index is 0.0472. The lowest BCUT2D eigenvalue weighted by atomic mass is 9.86. The predicted molar refractivity (Wildman–Crippen MR) is 72.4 cm³/mol. The summed E-state index contributed by atoms with van der Waals surface area (Å²) in [5.74, 6) is -0.408. The molecule has 0 aliphatic rings. The molecule has 19 heavy (non-hydrogen) atoms. The van der Waals surface area contributed by atoms with Crippen molar-refractivity contribution in [1.29, 1.82) is 0 Å². The minimum atomic E-state index is -0.456. The molecule has 1 unspecified atom stereocenters. The Labute approximate surface area is 112 Å². The van der Waals surface area contributed by atoms with Crippen LogP contribution in [-0.2, 0) is 11.3 Å². The Balaban J connectivity index is 2.70. The first-order valence-electron chi connectivity index (χ1n) is 5.98. The normalized spacial score (nSPS) is 13.0. The number of hydrogen-bond donors (Lipinski definition) is 2. The highest BCUT2D eigenvalue weighted by Gasteiger charge is 2.28. The molecule has 1 rings (SSSR count). The lowest BCUT2D eigenvalue weighted by Gasteiger charge is -2.28. The smallest absolute Gasteiger partial charge is 0.269 e. The van der Waals surface area contributed by atoms with Gasteiger partial charge in [0.05, 0.1) is 11.0 Å². The number of non-ortho nitro benzene ring substituents is 1. The van der Waals surface area contributed by atoms with Crippen LogP contribution in [0.3, 0.4) is 0 Å². The number of nitrogens with zero attached hydrogens (tertiary/aromatic N) is 1. The number of amides is 1. The molecule has 0 bridgehead atoms. The van der Waals surface area contributed by atoms with E-state index in [1.54, 1.807) is 12.1 Å². The molecule has 0 fully saturated rings. The molecule has 0 aromatic heterocycles. The molecule has 1 aromatic carbocycles. The van der Waals surface area contributed by atoms with Crippen molar-refractivity contribution in [3.8, 4) is 0 Å². The number of nitro groups is 1. The summed E-state index contributed by atoms with van der Waals surface area (Å²) in [5.41, 5.74) is 5.98. The average Bonchev–Trinajstić information content (AvgIpc) is 2.27. The molecule has 0 saturated heterocycles. The van der Waals surface area contributed by atoms with Crippen LogP contribution in [0.25, 0.3) is 0 Å². The fourth-order valence-corrected chi connectivity index (χ4v) is 1.79. The number of carbonyl (C=O) groups is 1. The Kier molecular flexibility index (Phi) is 4.61. The molecule has 1 amide bonds. The zero-order valence-electron chi connectivity index (χ0n) is 11.3. The predicted octanol–water partition coefficient (Wildman–Crippen LogP) is 1.58. The number of rotatable bonds is 5. The zero-order chi connectivity index (χ0) is 14.6. The van der Waals surface area contributed by atoms with E-state index in [1.807, 2.05) is 20.8 Å². The number of carbonyl (C=O) groups excluding carboxylic acids is 1. The number of nitrogens with two attached hydrogens (primary N) is 1. The van der Waals surface area contributed by atoms with Gasteiger partial charge in [-0.25, -0.2) is 0 Å². The third-order valence-electron chi connectivity index (χ3n) is 2.81. The molecule has 0 heterocycles. The average molecular weight is 265 g/mol. The summed E-state index contributed by atoms with van der Waals surface area (Å²) in [6, 6.07) is 5.74. The molecule has 104 valence electrons. The van der Waals surface area contributed by atoms with Gasteiger partial charge in [0.1, 0.15) is 0 Å². The van der Waals surface area contributed by atoms with Gasteiger partial charge in [-0.3, -0.25) is 14.9 Å². The van der Waals surface area contributed by atoms with E-state index >= 15 is 0 Å². The summed E-state index contributed by atoms with van der Waals surface area (Å²) in [6.45, 7) is 6.20. The molecule has 1 atom stereocenters. The number of primary amides is 1. The number of hydrogen-bond acceptors (Lipinski definition) is 4. The van der Waals surface area contributed by atoms with Gasteiger partial charge in [-0.15, -0.1) is 0 Å². The minimum Gasteiger partial charge on any atom is -0.368 e. The van der Waals surface area contributed by atoms with Crippen LogP contribution in [-0.4, -0.2) is 16.9 Å². The summed E-state index contributed by atoms with van der Waals surface area (Å²) in [6.07, 6.45) is 0. The number of benzene rings is 1. The molecule has 0 aliphatic heterocycles. The summed E-state index contributed by atoms with van der Waals surface area (Å²) >= 11 is 0. The van der Waals surface area contributed by atoms with Crippen molar-refractivity contribution in [2.24, 2.45) is 11.1 Å². The van der Waals surface area contributed by atoms with Gasteiger partial charge in [-0.1, -0.05) is 32.9 Å². The molecular formula is C13H19N3O3. The molecular weight excluding hydrogens is 246 g/mol. The Bertz CT molecular complexity index is 463. The monoisotopic (exact) mass is 265 g/mol. The lowest BCUT2D eigenvalue weighted by Crippen LogP contribution is -2.49. The molecule has 0 saturated carbocycles. The maximum absolute atomic E-state index is 11.4. The van der Waals surface area contributed by atoms with Gasteiger partial charge < -0.3 is 11.1 Å². The van der Waals surface area contributed by atoms with Crippen LogP contribution >= 0.6 is 0 Å². The standard InChI is InChI=1S/C13H19N3O3/c1-13(2,3)11(12(14)17)15-8-9-4-6-10(7-5-9)16(18)19/h4-7,11,15H,8H2,1-3H3,(H2,14,17). The van der Waals surface area contributed by atoms with Crippen LogP contribution < -0.4 is 11.1 Å². The largest absolute Gasteiger partial charge is 0.368 e. The third kappa shape index (κ3) is 4.33. The number of nitrogens with one attached hydrogen (secondary N) is 1. The van der Waals surface area contributed by atoms with Gasteiger partial charge >= 0.3 is 0 Å². The van der Waals surface area contributed by atoms with E-state index in [4.69, 9.17) is 5.73 Å². The first kappa shape index (κ1) is 15.1. The van der Waals surface area contributed by atoms with Crippen molar-refractivity contribution in [3.05, 3.63) is 39.9 Å². The van der Waals surface area contributed by atoms with Crippen molar-refractivity contribution in [2.45, 2.75) is 33.4 Å². The Morgan fingerprint density at radius 3 is 2.26 bits per heavy atom. The highest BCUT2D eigenvalue weighted by atomic mass is 16.6. The van der Waals surface area contributed by atoms with Crippen molar-refractivity contribution < 1.29 is 9.72 Å². The molecule has 0 radical (unpaired) electrons. The van der Waals surface area contributed by atoms with E-state index in [2.05, 4.69) is 5.32 Å². The van der Waals surface area contributed by atoms with E-state index in [-0.39, 0.29) is 11.1 Å². The van der Waals surface area contributed by atoms with Gasteiger partial charge in [-0.2, -0.15) is 0 Å². The van der Waals surface area contributed by atoms with Gasteiger partial charge in [0, 0.05) is 18.7 Å². The van der Waals surface area contributed by atoms with Crippen LogP contribution in [0.2, 0.25) is 0 Å². The summed E-state index contributed by atoms with van der Waals surface area (Å²) < 4.78 is 0. The molecule has 6 nitrogen and oxygen atoms in total. The van der Waals surface area contributed by atoms with Crippen LogP contribution in [0.4, 0.5) is 5.69 Å². The Hall–Kier alpha value is -1.95. The van der Waals surface area contributed by atoms with Gasteiger partial charge in [0.25, 0.3) is 5.69 Å².